The van der Waals surface area contributed by atoms with Crippen molar-refractivity contribution in [2.24, 2.45) is 15.3 Å². The number of amidine groups is 1. The Morgan fingerprint density at radius 2 is 1.55 bits per heavy atom. The third-order valence-corrected chi connectivity index (χ3v) is 11.1. The summed E-state index contributed by atoms with van der Waals surface area (Å²) >= 11 is 0.420. The van der Waals surface area contributed by atoms with E-state index in [9.17, 15) is 54.6 Å². The molecule has 0 atom stereocenters. The van der Waals surface area contributed by atoms with E-state index in [0.29, 0.717) is 24.2 Å². The van der Waals surface area contributed by atoms with E-state index in [1.165, 1.54) is 36.4 Å². The zero-order valence-corrected chi connectivity index (χ0v) is 44.3. The van der Waals surface area contributed by atoms with Crippen LogP contribution in [0.25, 0.3) is 5.43 Å². The molecule has 5 aromatic rings. The van der Waals surface area contributed by atoms with Gasteiger partial charge in [-0.1, -0.05) is 54.6 Å². The first-order valence-corrected chi connectivity index (χ1v) is 22.0. The van der Waals surface area contributed by atoms with Crippen molar-refractivity contribution in [3.05, 3.63) is 114 Å². The number of benzene rings is 4. The van der Waals surface area contributed by atoms with E-state index in [-0.39, 0.29) is 133 Å². The van der Waals surface area contributed by atoms with Crippen molar-refractivity contribution in [1.29, 1.82) is 0 Å². The predicted molar refractivity (Wildman–Crippen MR) is 209 cm³/mol. The molecule has 0 amide bonds. The quantitative estimate of drug-likeness (QED) is 0.00625. The molecule has 3 N–H and O–H groups in total. The number of aromatic hydroxyl groups is 1. The number of phenols is 1. The molecule has 1 heterocycles. The van der Waals surface area contributed by atoms with Gasteiger partial charge in [-0.15, -0.1) is 15.9 Å². The number of carboxylic acid groups (broad SMARTS) is 1. The van der Waals surface area contributed by atoms with Gasteiger partial charge in [0.2, 0.25) is 22.3 Å². The topological polar surface area (TPSA) is 362 Å². The standard InChI is InChI=1S/C33H30FN9O15S4.Cu.3Na/c34-31-36-32(38-33(37-31)43(21-9-5-2-6-10-21)13-15-60(48,49)16-14-56-62(53,54)55)35-26-18-23(61(50,51)52)19-27(28(26)44)40-42-29(20-7-3-1-4-8-20)41-39-25-12-11-22(59-58-57-47)17-24(25)30(45)46;;;;/h1-12,17-19H,13-16H2,(H7,35,36,37,38,39,40,41,42,44,45,46,47,50,51,52,53,54,55);;;;/q;4*+1/p-4. The number of azo groups is 1. The maximum Gasteiger partial charge on any atom is 1.00 e. The SMILES string of the molecule is O=C(O)c1cc(SOO[O-])ccc1[N-]/N=C(\N=Nc1cc(S(=O)(=O)[O-])cc(Nc2nc(F)nc(N(CCS(=O)(=O)CCOS(=O)(=O)[O-])c3ccccc3)n2)c1O)c1ccccc1.[Cu+].[Na+].[Na+].[Na+]. The summed E-state index contributed by atoms with van der Waals surface area (Å²) in [7, 11) is -14.6. The predicted octanol–water partition coefficient (Wildman–Crippen LogP) is -5.52. The van der Waals surface area contributed by atoms with Crippen LogP contribution in [0.15, 0.2) is 116 Å². The van der Waals surface area contributed by atoms with Crippen LogP contribution >= 0.6 is 12.0 Å². The molecule has 4 aromatic carbocycles. The number of hydrogen-bond acceptors (Lipinski definition) is 22. The van der Waals surface area contributed by atoms with E-state index in [2.05, 4.69) is 54.6 Å². The van der Waals surface area contributed by atoms with Gasteiger partial charge in [0.1, 0.15) is 15.8 Å². The van der Waals surface area contributed by atoms with E-state index in [1.807, 2.05) is 0 Å². The minimum atomic E-state index is -5.31. The van der Waals surface area contributed by atoms with Gasteiger partial charge in [-0.2, -0.15) is 23.7 Å². The molecule has 0 radical (unpaired) electrons. The van der Waals surface area contributed by atoms with Gasteiger partial charge in [0.05, 0.1) is 40.7 Å². The third kappa shape index (κ3) is 19.0. The summed E-state index contributed by atoms with van der Waals surface area (Å²) in [6.45, 7) is -1.45. The Labute approximate surface area is 456 Å². The van der Waals surface area contributed by atoms with Gasteiger partial charge < -0.3 is 45.3 Å². The minimum absolute atomic E-state index is 0. The van der Waals surface area contributed by atoms with Crippen LogP contribution in [0.2, 0.25) is 0 Å². The Bertz CT molecular complexity index is 2840. The molecule has 66 heavy (non-hydrogen) atoms. The van der Waals surface area contributed by atoms with Crippen molar-refractivity contribution in [1.82, 2.24) is 15.0 Å². The average molecular weight is 1070 g/mol. The maximum absolute atomic E-state index is 15.0. The van der Waals surface area contributed by atoms with E-state index in [0.717, 1.165) is 11.0 Å². The van der Waals surface area contributed by atoms with Gasteiger partial charge >= 0.3 is 118 Å². The van der Waals surface area contributed by atoms with Crippen LogP contribution in [0.1, 0.15) is 15.9 Å². The zero-order chi connectivity index (χ0) is 45.1. The van der Waals surface area contributed by atoms with Crippen molar-refractivity contribution in [2.75, 3.05) is 34.9 Å². The van der Waals surface area contributed by atoms with Crippen LogP contribution in [-0.2, 0) is 61.0 Å². The number of nitrogens with zero attached hydrogens (tertiary/aromatic N) is 8. The van der Waals surface area contributed by atoms with Crippen LogP contribution in [0.4, 0.5) is 39.0 Å². The molecule has 0 unspecified atom stereocenters. The van der Waals surface area contributed by atoms with Crippen molar-refractivity contribution in [3.63, 3.8) is 0 Å². The second kappa shape index (κ2) is 28.0. The smallest absolute Gasteiger partial charge is 0.744 e. The summed E-state index contributed by atoms with van der Waals surface area (Å²) in [5, 5.41) is 48.6. The summed E-state index contributed by atoms with van der Waals surface area (Å²) in [4.78, 5) is 23.5. The first kappa shape index (κ1) is 61.3. The number of halogens is 1. The van der Waals surface area contributed by atoms with E-state index in [4.69, 9.17) is 0 Å². The number of hydrogen-bond donors (Lipinski definition) is 3. The number of aromatic carboxylic acids is 1. The second-order valence-electron chi connectivity index (χ2n) is 11.8. The summed E-state index contributed by atoms with van der Waals surface area (Å²) in [6, 6.07) is 20.3. The number of sulfone groups is 1. The van der Waals surface area contributed by atoms with Gasteiger partial charge in [0.15, 0.2) is 21.4 Å². The van der Waals surface area contributed by atoms with Crippen molar-refractivity contribution in [3.8, 4) is 5.75 Å². The fourth-order valence-corrected chi connectivity index (χ4v) is 7.21. The largest absolute Gasteiger partial charge is 1.00 e. The molecule has 0 aliphatic rings. The Morgan fingerprint density at radius 1 is 0.894 bits per heavy atom. The van der Waals surface area contributed by atoms with E-state index >= 15 is 4.39 Å². The molecule has 338 valence electrons. The van der Waals surface area contributed by atoms with Gasteiger partial charge in [-0.05, 0) is 36.4 Å². The molecule has 0 saturated heterocycles. The Morgan fingerprint density at radius 3 is 2.15 bits per heavy atom. The minimum Gasteiger partial charge on any atom is -0.744 e. The molecule has 5 rings (SSSR count). The molecule has 0 bridgehead atoms. The number of carboxylic acids is 1. The van der Waals surface area contributed by atoms with Crippen molar-refractivity contribution in [2.45, 2.75) is 9.79 Å². The molecule has 0 saturated carbocycles. The van der Waals surface area contributed by atoms with Crippen LogP contribution < -0.4 is 104 Å². The molecule has 0 aliphatic heterocycles. The van der Waals surface area contributed by atoms with E-state index in [1.54, 1.807) is 36.4 Å². The summed E-state index contributed by atoms with van der Waals surface area (Å²) in [5.74, 6) is -5.50. The molecular weight excluding hydrogens is 1040 g/mol. The Kier molecular flexibility index (Phi) is 26.0. The molecule has 0 fully saturated rings. The molecule has 1 aromatic heterocycles. The van der Waals surface area contributed by atoms with Gasteiger partial charge in [-0.25, -0.2) is 30.0 Å². The molecule has 0 spiro atoms. The number of anilines is 4. The molecule has 24 nitrogen and oxygen atoms in total. The number of nitrogens with one attached hydrogen (secondary N) is 1. The summed E-state index contributed by atoms with van der Waals surface area (Å²) in [5.41, 5.74) is 2.48. The van der Waals surface area contributed by atoms with Crippen molar-refractivity contribution < 1.29 is 178 Å². The van der Waals surface area contributed by atoms with E-state index < -0.39 is 107 Å². The first-order chi connectivity index (χ1) is 29.3. The first-order valence-electron chi connectivity index (χ1n) is 16.7. The summed E-state index contributed by atoms with van der Waals surface area (Å²) in [6.07, 6.45) is -1.46. The average Bonchev–Trinajstić information content (AvgIpc) is 3.21. The molecular formula is C33H26CuFN9Na3O15S4. The number of phenolic OH excluding ortho intramolecular Hbond substituents is 1. The van der Waals surface area contributed by atoms with Gasteiger partial charge in [0.25, 0.3) is 0 Å². The van der Waals surface area contributed by atoms with Crippen LogP contribution in [-0.4, -0.2) is 96.0 Å². The van der Waals surface area contributed by atoms with Crippen molar-refractivity contribution >= 4 is 88.8 Å². The number of aromatic nitrogens is 3. The number of para-hydroxylation sites is 1. The second-order valence-corrected chi connectivity index (χ2v) is 17.3. The van der Waals surface area contributed by atoms with Gasteiger partial charge in [-0.3, -0.25) is 9.22 Å². The van der Waals surface area contributed by atoms with Crippen LogP contribution in [0.5, 0.6) is 5.75 Å². The summed E-state index contributed by atoms with van der Waals surface area (Å²) < 4.78 is 118. The zero-order valence-electron chi connectivity index (χ0n) is 34.1. The van der Waals surface area contributed by atoms with Gasteiger partial charge in [0, 0.05) is 28.3 Å². The number of carbonyl (C=O) groups is 1. The van der Waals surface area contributed by atoms with Crippen LogP contribution in [0, 0.1) is 6.08 Å². The molecule has 33 heteroatoms. The Balaban J connectivity index is 0.00000544. The third-order valence-electron chi connectivity index (χ3n) is 7.65. The number of rotatable bonds is 20. The maximum atomic E-state index is 15.0. The fraction of sp³-hybridized carbons (Fsp3) is 0.121. The monoisotopic (exact) mass is 1070 g/mol. The van der Waals surface area contributed by atoms with Crippen LogP contribution in [0.3, 0.4) is 0 Å². The fourth-order valence-electron chi connectivity index (χ4n) is 4.90. The Hall–Kier alpha value is -2.76. The normalized spacial score (nSPS) is 11.6. The molecule has 0 aliphatic carbocycles.